The molecular weight excluding hydrogens is 238 g/mol. The summed E-state index contributed by atoms with van der Waals surface area (Å²) in [7, 11) is 2.10. The monoisotopic (exact) mass is 257 g/mol. The number of halogens is 1. The molecule has 2 unspecified atom stereocenters. The lowest BCUT2D eigenvalue weighted by Crippen LogP contribution is -2.33. The third-order valence-electron chi connectivity index (χ3n) is 3.62. The standard InChI is InChI=1S/C13H20ClNS/c1-15-12-6-4-2-3-5-10(12)9-11-7-8-13(14)16-11/h7-8,10,12,15H,2-6,9H2,1H3. The van der Waals surface area contributed by atoms with Gasteiger partial charge in [0.25, 0.3) is 0 Å². The van der Waals surface area contributed by atoms with Crippen LogP contribution in [-0.2, 0) is 6.42 Å². The van der Waals surface area contributed by atoms with E-state index < -0.39 is 0 Å². The molecule has 1 heterocycles. The molecule has 1 aliphatic carbocycles. The molecule has 1 saturated carbocycles. The summed E-state index contributed by atoms with van der Waals surface area (Å²) in [6.07, 6.45) is 8.07. The van der Waals surface area contributed by atoms with Crippen molar-refractivity contribution in [2.75, 3.05) is 7.05 Å². The smallest absolute Gasteiger partial charge is 0.0931 e. The molecule has 2 rings (SSSR count). The van der Waals surface area contributed by atoms with Gasteiger partial charge in [-0.15, -0.1) is 11.3 Å². The first-order chi connectivity index (χ1) is 7.79. The fourth-order valence-corrected chi connectivity index (χ4v) is 3.91. The van der Waals surface area contributed by atoms with Crippen molar-refractivity contribution < 1.29 is 0 Å². The Balaban J connectivity index is 1.99. The third-order valence-corrected chi connectivity index (χ3v) is 4.88. The molecule has 16 heavy (non-hydrogen) atoms. The highest BCUT2D eigenvalue weighted by Crippen LogP contribution is 2.30. The van der Waals surface area contributed by atoms with E-state index in [9.17, 15) is 0 Å². The van der Waals surface area contributed by atoms with Gasteiger partial charge in [0, 0.05) is 10.9 Å². The van der Waals surface area contributed by atoms with Crippen molar-refractivity contribution in [3.05, 3.63) is 21.3 Å². The van der Waals surface area contributed by atoms with E-state index in [1.165, 1.54) is 43.4 Å². The van der Waals surface area contributed by atoms with Crippen LogP contribution in [0, 0.1) is 5.92 Å². The quantitative estimate of drug-likeness (QED) is 0.804. The third kappa shape index (κ3) is 3.22. The van der Waals surface area contributed by atoms with Crippen LogP contribution in [0.2, 0.25) is 4.34 Å². The topological polar surface area (TPSA) is 12.0 Å². The predicted molar refractivity (Wildman–Crippen MR) is 72.5 cm³/mol. The number of rotatable bonds is 3. The van der Waals surface area contributed by atoms with Crippen molar-refractivity contribution in [3.8, 4) is 0 Å². The summed E-state index contributed by atoms with van der Waals surface area (Å²) in [4.78, 5) is 1.44. The molecule has 1 nitrogen and oxygen atoms in total. The molecule has 0 radical (unpaired) electrons. The Morgan fingerprint density at radius 3 is 2.81 bits per heavy atom. The molecular formula is C13H20ClNS. The van der Waals surface area contributed by atoms with Crippen molar-refractivity contribution in [1.82, 2.24) is 5.32 Å². The summed E-state index contributed by atoms with van der Waals surface area (Å²) in [5.41, 5.74) is 0. The lowest BCUT2D eigenvalue weighted by molar-refractivity contribution is 0.352. The van der Waals surface area contributed by atoms with E-state index >= 15 is 0 Å². The largest absolute Gasteiger partial charge is 0.317 e. The molecule has 0 spiro atoms. The van der Waals surface area contributed by atoms with Gasteiger partial charge in [0.15, 0.2) is 0 Å². The normalized spacial score (nSPS) is 26.6. The van der Waals surface area contributed by atoms with Crippen molar-refractivity contribution in [2.45, 2.75) is 44.6 Å². The van der Waals surface area contributed by atoms with E-state index in [-0.39, 0.29) is 0 Å². The molecule has 0 bridgehead atoms. The second kappa shape index (κ2) is 6.04. The Bertz CT molecular complexity index is 323. The van der Waals surface area contributed by atoms with Gasteiger partial charge in [-0.05, 0) is 44.4 Å². The van der Waals surface area contributed by atoms with E-state index in [0.717, 1.165) is 10.3 Å². The predicted octanol–water partition coefficient (Wildman–Crippen LogP) is 4.11. The van der Waals surface area contributed by atoms with Crippen LogP contribution in [0.15, 0.2) is 12.1 Å². The van der Waals surface area contributed by atoms with E-state index in [1.54, 1.807) is 11.3 Å². The zero-order chi connectivity index (χ0) is 11.4. The fraction of sp³-hybridized carbons (Fsp3) is 0.692. The van der Waals surface area contributed by atoms with Crippen LogP contribution >= 0.6 is 22.9 Å². The van der Waals surface area contributed by atoms with Gasteiger partial charge in [0.1, 0.15) is 0 Å². The molecule has 1 aliphatic rings. The Kier molecular flexibility index (Phi) is 4.68. The molecule has 1 aromatic rings. The summed E-state index contributed by atoms with van der Waals surface area (Å²) >= 11 is 7.72. The minimum absolute atomic E-state index is 0.698. The second-order valence-electron chi connectivity index (χ2n) is 4.70. The van der Waals surface area contributed by atoms with Gasteiger partial charge in [-0.2, -0.15) is 0 Å². The Morgan fingerprint density at radius 2 is 2.12 bits per heavy atom. The average molecular weight is 258 g/mol. The van der Waals surface area contributed by atoms with E-state index in [1.807, 2.05) is 6.07 Å². The number of hydrogen-bond donors (Lipinski definition) is 1. The van der Waals surface area contributed by atoms with Crippen molar-refractivity contribution >= 4 is 22.9 Å². The lowest BCUT2D eigenvalue weighted by atomic mass is 9.91. The van der Waals surface area contributed by atoms with Gasteiger partial charge >= 0.3 is 0 Å². The second-order valence-corrected chi connectivity index (χ2v) is 6.50. The average Bonchev–Trinajstić information content (AvgIpc) is 2.56. The molecule has 1 aromatic heterocycles. The molecule has 0 aliphatic heterocycles. The highest BCUT2D eigenvalue weighted by atomic mass is 35.5. The fourth-order valence-electron chi connectivity index (χ4n) is 2.73. The van der Waals surface area contributed by atoms with Crippen molar-refractivity contribution in [3.63, 3.8) is 0 Å². The van der Waals surface area contributed by atoms with Gasteiger partial charge in [-0.3, -0.25) is 0 Å². The van der Waals surface area contributed by atoms with E-state index in [2.05, 4.69) is 18.4 Å². The first-order valence-corrected chi connectivity index (χ1v) is 7.40. The molecule has 0 aromatic carbocycles. The molecule has 90 valence electrons. The minimum Gasteiger partial charge on any atom is -0.317 e. The van der Waals surface area contributed by atoms with Gasteiger partial charge in [-0.1, -0.05) is 30.9 Å². The zero-order valence-electron chi connectivity index (χ0n) is 9.84. The van der Waals surface area contributed by atoms with Crippen LogP contribution in [0.1, 0.15) is 37.0 Å². The van der Waals surface area contributed by atoms with E-state index in [0.29, 0.717) is 6.04 Å². The van der Waals surface area contributed by atoms with Crippen LogP contribution in [0.3, 0.4) is 0 Å². The van der Waals surface area contributed by atoms with Crippen LogP contribution in [-0.4, -0.2) is 13.1 Å². The van der Waals surface area contributed by atoms with Crippen LogP contribution < -0.4 is 5.32 Å². The maximum atomic E-state index is 5.98. The summed E-state index contributed by atoms with van der Waals surface area (Å²) in [5.74, 6) is 0.794. The molecule has 1 fully saturated rings. The summed E-state index contributed by atoms with van der Waals surface area (Å²) in [5, 5.41) is 3.49. The molecule has 3 heteroatoms. The van der Waals surface area contributed by atoms with E-state index in [4.69, 9.17) is 11.6 Å². The zero-order valence-corrected chi connectivity index (χ0v) is 11.4. The molecule has 0 saturated heterocycles. The molecule has 0 amide bonds. The highest BCUT2D eigenvalue weighted by molar-refractivity contribution is 7.16. The van der Waals surface area contributed by atoms with Gasteiger partial charge in [0.05, 0.1) is 4.34 Å². The van der Waals surface area contributed by atoms with Crippen molar-refractivity contribution in [2.24, 2.45) is 5.92 Å². The number of hydrogen-bond acceptors (Lipinski definition) is 2. The van der Waals surface area contributed by atoms with Crippen LogP contribution in [0.4, 0.5) is 0 Å². The summed E-state index contributed by atoms with van der Waals surface area (Å²) < 4.78 is 0.921. The summed E-state index contributed by atoms with van der Waals surface area (Å²) in [6.45, 7) is 0. The maximum absolute atomic E-state index is 5.98. The molecule has 1 N–H and O–H groups in total. The van der Waals surface area contributed by atoms with Crippen molar-refractivity contribution in [1.29, 1.82) is 0 Å². The van der Waals surface area contributed by atoms with Crippen LogP contribution in [0.5, 0.6) is 0 Å². The first kappa shape index (κ1) is 12.4. The summed E-state index contributed by atoms with van der Waals surface area (Å²) in [6, 6.07) is 4.90. The Hall–Kier alpha value is -0.0500. The Labute approximate surface area is 107 Å². The number of nitrogens with one attached hydrogen (secondary N) is 1. The van der Waals surface area contributed by atoms with Gasteiger partial charge in [-0.25, -0.2) is 0 Å². The lowest BCUT2D eigenvalue weighted by Gasteiger charge is -2.24. The van der Waals surface area contributed by atoms with Crippen LogP contribution in [0.25, 0.3) is 0 Å². The van der Waals surface area contributed by atoms with Gasteiger partial charge < -0.3 is 5.32 Å². The SMILES string of the molecule is CNC1CCCCCC1Cc1ccc(Cl)s1. The Morgan fingerprint density at radius 1 is 1.31 bits per heavy atom. The van der Waals surface area contributed by atoms with Gasteiger partial charge in [0.2, 0.25) is 0 Å². The first-order valence-electron chi connectivity index (χ1n) is 6.21. The molecule has 2 atom stereocenters. The minimum atomic E-state index is 0.698. The maximum Gasteiger partial charge on any atom is 0.0931 e. The highest BCUT2D eigenvalue weighted by Gasteiger charge is 2.22. The number of thiophene rings is 1.